The summed E-state index contributed by atoms with van der Waals surface area (Å²) in [4.78, 5) is 10.5. The number of rotatable bonds is 3. The topological polar surface area (TPSA) is 76.2 Å². The first-order chi connectivity index (χ1) is 9.51. The molecule has 0 aromatic heterocycles. The Hall–Kier alpha value is -2.87. The molecule has 0 spiro atoms. The van der Waals surface area contributed by atoms with Gasteiger partial charge in [-0.15, -0.1) is 0 Å². The molecule has 0 heterocycles. The molecule has 0 atom stereocenters. The zero-order chi connectivity index (χ0) is 14.7. The number of benzene rings is 2. The first-order valence-corrected chi connectivity index (χ1v) is 5.95. The van der Waals surface area contributed by atoms with Gasteiger partial charge in [-0.2, -0.15) is 5.26 Å². The van der Waals surface area contributed by atoms with Gasteiger partial charge in [0.2, 0.25) is 5.75 Å². The fourth-order valence-electron chi connectivity index (χ4n) is 1.80. The van der Waals surface area contributed by atoms with Crippen LogP contribution in [0.25, 0.3) is 0 Å². The Kier molecular flexibility index (Phi) is 3.67. The first-order valence-electron chi connectivity index (χ1n) is 5.95. The van der Waals surface area contributed by atoms with Crippen molar-refractivity contribution in [1.29, 1.82) is 5.26 Å². The lowest BCUT2D eigenvalue weighted by molar-refractivity contribution is -0.385. The molecule has 0 fully saturated rings. The monoisotopic (exact) mass is 268 g/mol. The second-order valence-corrected chi connectivity index (χ2v) is 4.44. The molecule has 0 N–H and O–H groups in total. The summed E-state index contributed by atoms with van der Waals surface area (Å²) in [5, 5.41) is 20.1. The molecule has 0 aliphatic rings. The quantitative estimate of drug-likeness (QED) is 0.625. The van der Waals surface area contributed by atoms with Gasteiger partial charge in [0.25, 0.3) is 0 Å². The third kappa shape index (κ3) is 2.75. The first kappa shape index (κ1) is 13.6. The normalized spacial score (nSPS) is 9.85. The molecule has 5 nitrogen and oxygen atoms in total. The van der Waals surface area contributed by atoms with E-state index in [9.17, 15) is 10.1 Å². The zero-order valence-corrected chi connectivity index (χ0v) is 11.1. The van der Waals surface area contributed by atoms with Crippen LogP contribution in [0.5, 0.6) is 11.5 Å². The van der Waals surface area contributed by atoms with E-state index in [0.717, 1.165) is 11.1 Å². The van der Waals surface area contributed by atoms with Crippen LogP contribution in [0.15, 0.2) is 36.4 Å². The van der Waals surface area contributed by atoms with Gasteiger partial charge in [0.05, 0.1) is 10.5 Å². The number of hydrogen-bond donors (Lipinski definition) is 0. The van der Waals surface area contributed by atoms with Crippen LogP contribution in [0.2, 0.25) is 0 Å². The lowest BCUT2D eigenvalue weighted by atomic mass is 10.1. The number of aryl methyl sites for hydroxylation is 2. The third-order valence-corrected chi connectivity index (χ3v) is 2.79. The minimum absolute atomic E-state index is 0.116. The minimum Gasteiger partial charge on any atom is -0.449 e. The van der Waals surface area contributed by atoms with Crippen molar-refractivity contribution in [3.8, 4) is 17.6 Å². The summed E-state index contributed by atoms with van der Waals surface area (Å²) < 4.78 is 5.54. The minimum atomic E-state index is -0.497. The van der Waals surface area contributed by atoms with E-state index in [2.05, 4.69) is 0 Å². The molecule has 0 aliphatic carbocycles. The second kappa shape index (κ2) is 5.41. The summed E-state index contributed by atoms with van der Waals surface area (Å²) in [7, 11) is 0. The highest BCUT2D eigenvalue weighted by molar-refractivity contribution is 5.53. The summed E-state index contributed by atoms with van der Waals surface area (Å²) in [5.41, 5.74) is 1.93. The highest BCUT2D eigenvalue weighted by Gasteiger charge is 2.17. The van der Waals surface area contributed by atoms with E-state index in [1.807, 2.05) is 13.0 Å². The number of ether oxygens (including phenoxy) is 1. The zero-order valence-electron chi connectivity index (χ0n) is 11.1. The van der Waals surface area contributed by atoms with Crippen molar-refractivity contribution in [3.05, 3.63) is 63.2 Å². The second-order valence-electron chi connectivity index (χ2n) is 4.44. The molecule has 0 bridgehead atoms. The van der Waals surface area contributed by atoms with Crippen molar-refractivity contribution in [3.63, 3.8) is 0 Å². The van der Waals surface area contributed by atoms with E-state index in [1.165, 1.54) is 12.1 Å². The number of nitriles is 1. The van der Waals surface area contributed by atoms with Crippen LogP contribution in [0.4, 0.5) is 5.69 Å². The maximum atomic E-state index is 11.0. The van der Waals surface area contributed by atoms with E-state index in [1.54, 1.807) is 31.2 Å². The SMILES string of the molecule is Cc1ccc(Oc2ccc(C)cc2[N+](=O)[O-])c(C#N)c1. The van der Waals surface area contributed by atoms with Crippen LogP contribution in [0.1, 0.15) is 16.7 Å². The Bertz CT molecular complexity index is 718. The number of hydrogen-bond acceptors (Lipinski definition) is 4. The molecule has 0 saturated heterocycles. The van der Waals surface area contributed by atoms with Crippen LogP contribution < -0.4 is 4.74 Å². The standard InChI is InChI=1S/C15H12N2O3/c1-10-3-5-14(12(7-10)9-16)20-15-6-4-11(2)8-13(15)17(18)19/h3-8H,1-2H3. The predicted octanol–water partition coefficient (Wildman–Crippen LogP) is 3.88. The average Bonchev–Trinajstić information content (AvgIpc) is 2.42. The number of nitrogens with zero attached hydrogens (tertiary/aromatic N) is 2. The van der Waals surface area contributed by atoms with E-state index in [0.29, 0.717) is 11.3 Å². The fourth-order valence-corrected chi connectivity index (χ4v) is 1.80. The maximum Gasteiger partial charge on any atom is 0.311 e. The lowest BCUT2D eigenvalue weighted by Crippen LogP contribution is -1.95. The number of nitro groups is 1. The van der Waals surface area contributed by atoms with Crippen molar-refractivity contribution < 1.29 is 9.66 Å². The summed E-state index contributed by atoms with van der Waals surface area (Å²) in [5.74, 6) is 0.436. The molecule has 20 heavy (non-hydrogen) atoms. The Morgan fingerprint density at radius 3 is 2.30 bits per heavy atom. The Morgan fingerprint density at radius 1 is 1.10 bits per heavy atom. The molecule has 2 aromatic carbocycles. The van der Waals surface area contributed by atoms with E-state index in [-0.39, 0.29) is 11.4 Å². The molecule has 0 aliphatic heterocycles. The van der Waals surface area contributed by atoms with Crippen LogP contribution in [-0.2, 0) is 0 Å². The molecule has 0 radical (unpaired) electrons. The smallest absolute Gasteiger partial charge is 0.311 e. The van der Waals surface area contributed by atoms with E-state index < -0.39 is 4.92 Å². The van der Waals surface area contributed by atoms with Gasteiger partial charge in [-0.25, -0.2) is 0 Å². The van der Waals surface area contributed by atoms with Gasteiger partial charge in [-0.1, -0.05) is 12.1 Å². The molecule has 2 aromatic rings. The molecule has 0 amide bonds. The maximum absolute atomic E-state index is 11.0. The van der Waals surface area contributed by atoms with Gasteiger partial charge in [0, 0.05) is 6.07 Å². The van der Waals surface area contributed by atoms with Gasteiger partial charge in [-0.3, -0.25) is 10.1 Å². The van der Waals surface area contributed by atoms with Crippen LogP contribution in [0.3, 0.4) is 0 Å². The molecule has 5 heteroatoms. The Morgan fingerprint density at radius 2 is 1.70 bits per heavy atom. The summed E-state index contributed by atoms with van der Waals surface area (Å²) >= 11 is 0. The van der Waals surface area contributed by atoms with Crippen molar-refractivity contribution in [2.75, 3.05) is 0 Å². The Balaban J connectivity index is 2.45. The van der Waals surface area contributed by atoms with Crippen molar-refractivity contribution in [2.24, 2.45) is 0 Å². The summed E-state index contributed by atoms with van der Waals surface area (Å²) in [6, 6.07) is 11.8. The molecular weight excluding hydrogens is 256 g/mol. The third-order valence-electron chi connectivity index (χ3n) is 2.79. The van der Waals surface area contributed by atoms with Crippen molar-refractivity contribution in [1.82, 2.24) is 0 Å². The molecule has 0 saturated carbocycles. The molecular formula is C15H12N2O3. The fraction of sp³-hybridized carbons (Fsp3) is 0.133. The van der Waals surface area contributed by atoms with Crippen LogP contribution in [0, 0.1) is 35.3 Å². The van der Waals surface area contributed by atoms with Gasteiger partial charge in [0.15, 0.2) is 0 Å². The van der Waals surface area contributed by atoms with E-state index in [4.69, 9.17) is 10.00 Å². The van der Waals surface area contributed by atoms with E-state index >= 15 is 0 Å². The number of nitro benzene ring substituents is 1. The molecule has 0 unspecified atom stereocenters. The van der Waals surface area contributed by atoms with Gasteiger partial charge >= 0.3 is 5.69 Å². The lowest BCUT2D eigenvalue weighted by Gasteiger charge is -2.08. The summed E-state index contributed by atoms with van der Waals surface area (Å²) in [6.45, 7) is 3.63. The molecule has 100 valence electrons. The average molecular weight is 268 g/mol. The Labute approximate surface area is 116 Å². The highest BCUT2D eigenvalue weighted by atomic mass is 16.6. The van der Waals surface area contributed by atoms with Crippen LogP contribution in [-0.4, -0.2) is 4.92 Å². The van der Waals surface area contributed by atoms with Gasteiger partial charge in [0.1, 0.15) is 11.8 Å². The van der Waals surface area contributed by atoms with Crippen LogP contribution >= 0.6 is 0 Å². The molecule has 2 rings (SSSR count). The van der Waals surface area contributed by atoms with Gasteiger partial charge < -0.3 is 4.74 Å². The van der Waals surface area contributed by atoms with Gasteiger partial charge in [-0.05, 0) is 43.2 Å². The predicted molar refractivity (Wildman–Crippen MR) is 73.8 cm³/mol. The highest BCUT2D eigenvalue weighted by Crippen LogP contribution is 2.33. The van der Waals surface area contributed by atoms with Crippen molar-refractivity contribution in [2.45, 2.75) is 13.8 Å². The van der Waals surface area contributed by atoms with Crippen molar-refractivity contribution >= 4 is 5.69 Å². The summed E-state index contributed by atoms with van der Waals surface area (Å²) in [6.07, 6.45) is 0. The largest absolute Gasteiger partial charge is 0.449 e.